The molecular weight excluding hydrogens is 598 g/mol. The molecule has 2 aromatic heterocycles. The fraction of sp³-hybridized carbons (Fsp3) is 0.357. The van der Waals surface area contributed by atoms with Crippen molar-refractivity contribution in [3.8, 4) is 0 Å². The van der Waals surface area contributed by atoms with E-state index in [-0.39, 0.29) is 48.1 Å². The predicted octanol–water partition coefficient (Wildman–Crippen LogP) is 5.73. The Hall–Kier alpha value is -3.98. The number of nitrogens with one attached hydrogen (secondary N) is 1. The van der Waals surface area contributed by atoms with Crippen molar-refractivity contribution in [1.29, 1.82) is 0 Å². The second-order valence-corrected chi connectivity index (χ2v) is 11.4. The first-order valence-electron chi connectivity index (χ1n) is 13.4. The van der Waals surface area contributed by atoms with E-state index in [1.807, 2.05) is 24.3 Å². The number of nitrogens with zero attached hydrogens (tertiary/aromatic N) is 5. The minimum Gasteiger partial charge on any atom is -0.382 e. The van der Waals surface area contributed by atoms with Crippen molar-refractivity contribution in [3.05, 3.63) is 88.1 Å². The van der Waals surface area contributed by atoms with Gasteiger partial charge in [-0.1, -0.05) is 72.0 Å². The van der Waals surface area contributed by atoms with E-state index in [2.05, 4.69) is 15.5 Å². The van der Waals surface area contributed by atoms with Crippen molar-refractivity contribution in [3.63, 3.8) is 0 Å². The van der Waals surface area contributed by atoms with Gasteiger partial charge in [0, 0.05) is 24.6 Å². The van der Waals surface area contributed by atoms with Crippen LogP contribution in [-0.4, -0.2) is 56.4 Å². The number of anilines is 2. The average molecular weight is 623 g/mol. The minimum absolute atomic E-state index is 0.0717. The molecule has 1 saturated heterocycles. The summed E-state index contributed by atoms with van der Waals surface area (Å²) >= 11 is 0.403. The molecule has 0 spiro atoms. The molecule has 0 radical (unpaired) electrons. The second-order valence-electron chi connectivity index (χ2n) is 10.4. The lowest BCUT2D eigenvalue weighted by Gasteiger charge is -2.34. The summed E-state index contributed by atoms with van der Waals surface area (Å²) < 4.78 is 84.2. The summed E-state index contributed by atoms with van der Waals surface area (Å²) in [6.07, 6.45) is -11.5. The molecule has 8 nitrogen and oxygen atoms in total. The standard InChI is InChI=1S/C28H24F6N6O2S/c29-27(30,31)19-18-20(15-11-13-39(14-12-15)26-37-36-25(43-26)28(32,33)34)38-40(23(18)35-24(42)22(19)41)21(16-7-3-1-4-8-16)17-9-5-2-6-10-17/h1-10,15,19,21-22,41H,11-14H2,(H,35,42). The Morgan fingerprint density at radius 3 is 2.00 bits per heavy atom. The zero-order valence-electron chi connectivity index (χ0n) is 22.2. The van der Waals surface area contributed by atoms with Crippen molar-refractivity contribution in [2.24, 2.45) is 0 Å². The van der Waals surface area contributed by atoms with Crippen LogP contribution in [0.2, 0.25) is 0 Å². The lowest BCUT2D eigenvalue weighted by molar-refractivity contribution is -0.177. The van der Waals surface area contributed by atoms with E-state index in [1.54, 1.807) is 41.3 Å². The summed E-state index contributed by atoms with van der Waals surface area (Å²) in [5.41, 5.74) is 1.20. The third-order valence-corrected chi connectivity index (χ3v) is 8.78. The number of aliphatic hydroxyl groups excluding tert-OH is 1. The van der Waals surface area contributed by atoms with E-state index < -0.39 is 47.2 Å². The van der Waals surface area contributed by atoms with Gasteiger partial charge in [-0.15, -0.1) is 10.2 Å². The Morgan fingerprint density at radius 2 is 1.49 bits per heavy atom. The molecule has 15 heteroatoms. The highest BCUT2D eigenvalue weighted by molar-refractivity contribution is 7.15. The van der Waals surface area contributed by atoms with Gasteiger partial charge in [-0.05, 0) is 24.0 Å². The fourth-order valence-electron chi connectivity index (χ4n) is 5.77. The summed E-state index contributed by atoms with van der Waals surface area (Å²) in [6.45, 7) is 0.399. The lowest BCUT2D eigenvalue weighted by Crippen LogP contribution is -2.45. The Balaban J connectivity index is 1.44. The predicted molar refractivity (Wildman–Crippen MR) is 145 cm³/mol. The SMILES string of the molecule is O=C1Nc2c(c(C3CCN(c4nnc(C(F)(F)F)s4)CC3)nn2C(c2ccccc2)c2ccccc2)C(C(F)(F)F)C1O. The van der Waals surface area contributed by atoms with E-state index in [0.29, 0.717) is 22.5 Å². The number of amides is 1. The maximum absolute atomic E-state index is 14.5. The van der Waals surface area contributed by atoms with E-state index in [9.17, 15) is 36.2 Å². The van der Waals surface area contributed by atoms with Gasteiger partial charge in [0.2, 0.25) is 10.1 Å². The van der Waals surface area contributed by atoms with Gasteiger partial charge < -0.3 is 15.3 Å². The van der Waals surface area contributed by atoms with Gasteiger partial charge in [0.25, 0.3) is 5.91 Å². The van der Waals surface area contributed by atoms with Crippen molar-refractivity contribution < 1.29 is 36.2 Å². The number of halogens is 6. The molecule has 226 valence electrons. The first-order valence-corrected chi connectivity index (χ1v) is 14.2. The van der Waals surface area contributed by atoms with Crippen LogP contribution in [-0.2, 0) is 11.0 Å². The summed E-state index contributed by atoms with van der Waals surface area (Å²) in [5, 5.41) is 23.6. The molecule has 2 unspecified atom stereocenters. The van der Waals surface area contributed by atoms with Crippen LogP contribution in [0.5, 0.6) is 0 Å². The quantitative estimate of drug-likeness (QED) is 0.276. The van der Waals surface area contributed by atoms with Crippen LogP contribution in [0.3, 0.4) is 0 Å². The summed E-state index contributed by atoms with van der Waals surface area (Å²) in [5.74, 6) is -4.39. The highest BCUT2D eigenvalue weighted by Crippen LogP contribution is 2.49. The molecule has 4 aromatic rings. The van der Waals surface area contributed by atoms with Crippen molar-refractivity contribution in [2.75, 3.05) is 23.3 Å². The molecule has 43 heavy (non-hydrogen) atoms. The Morgan fingerprint density at radius 1 is 0.907 bits per heavy atom. The molecule has 2 aliphatic rings. The van der Waals surface area contributed by atoms with Gasteiger partial charge in [0.05, 0.1) is 5.69 Å². The Labute approximate surface area is 245 Å². The van der Waals surface area contributed by atoms with Crippen LogP contribution in [0.25, 0.3) is 0 Å². The number of alkyl halides is 6. The number of rotatable bonds is 5. The maximum Gasteiger partial charge on any atom is 0.445 e. The van der Waals surface area contributed by atoms with E-state index in [0.717, 1.165) is 0 Å². The topological polar surface area (TPSA) is 96.2 Å². The second kappa shape index (κ2) is 10.9. The molecular formula is C28H24F6N6O2S. The van der Waals surface area contributed by atoms with Gasteiger partial charge in [-0.25, -0.2) is 4.68 Å². The molecule has 0 aliphatic carbocycles. The zero-order chi connectivity index (χ0) is 30.5. The molecule has 0 saturated carbocycles. The number of piperidine rings is 1. The van der Waals surface area contributed by atoms with Crippen molar-refractivity contribution in [1.82, 2.24) is 20.0 Å². The molecule has 2 atom stereocenters. The number of hydrogen-bond donors (Lipinski definition) is 2. The van der Waals surface area contributed by atoms with Crippen LogP contribution in [0.1, 0.15) is 58.1 Å². The summed E-state index contributed by atoms with van der Waals surface area (Å²) in [7, 11) is 0. The minimum atomic E-state index is -4.97. The molecule has 2 aliphatic heterocycles. The first kappa shape index (κ1) is 29.1. The number of aromatic nitrogens is 4. The molecule has 6 rings (SSSR count). The molecule has 0 bridgehead atoms. The van der Waals surface area contributed by atoms with Crippen LogP contribution < -0.4 is 10.2 Å². The number of benzene rings is 2. The van der Waals surface area contributed by atoms with Crippen molar-refractivity contribution in [2.45, 2.75) is 49.2 Å². The van der Waals surface area contributed by atoms with E-state index >= 15 is 0 Å². The zero-order valence-corrected chi connectivity index (χ0v) is 23.0. The first-order chi connectivity index (χ1) is 20.4. The van der Waals surface area contributed by atoms with Crippen LogP contribution >= 0.6 is 11.3 Å². The number of carbonyl (C=O) groups excluding carboxylic acids is 1. The number of carbonyl (C=O) groups is 1. The van der Waals surface area contributed by atoms with E-state index in [1.165, 1.54) is 4.68 Å². The van der Waals surface area contributed by atoms with Gasteiger partial charge in [0.1, 0.15) is 23.9 Å². The number of aliphatic hydroxyl groups is 1. The van der Waals surface area contributed by atoms with Gasteiger partial charge in [-0.2, -0.15) is 31.4 Å². The van der Waals surface area contributed by atoms with Gasteiger partial charge in [-0.3, -0.25) is 4.79 Å². The lowest BCUT2D eigenvalue weighted by atomic mass is 9.83. The molecule has 1 fully saturated rings. The number of fused-ring (bicyclic) bond motifs is 1. The maximum atomic E-state index is 14.5. The summed E-state index contributed by atoms with van der Waals surface area (Å²) in [4.78, 5) is 14.3. The Bertz CT molecular complexity index is 1560. The van der Waals surface area contributed by atoms with Crippen LogP contribution in [0, 0.1) is 0 Å². The number of hydrogen-bond acceptors (Lipinski definition) is 7. The van der Waals surface area contributed by atoms with Gasteiger partial charge >= 0.3 is 12.4 Å². The molecule has 1 amide bonds. The summed E-state index contributed by atoms with van der Waals surface area (Å²) in [6, 6.07) is 17.3. The van der Waals surface area contributed by atoms with Crippen molar-refractivity contribution >= 4 is 28.2 Å². The smallest absolute Gasteiger partial charge is 0.382 e. The fourth-order valence-corrected chi connectivity index (χ4v) is 6.54. The van der Waals surface area contributed by atoms with Gasteiger partial charge in [0.15, 0.2) is 0 Å². The average Bonchev–Trinajstić information content (AvgIpc) is 3.61. The van der Waals surface area contributed by atoms with Crippen LogP contribution in [0.15, 0.2) is 60.7 Å². The monoisotopic (exact) mass is 622 g/mol. The molecule has 4 heterocycles. The highest BCUT2D eigenvalue weighted by Gasteiger charge is 2.55. The van der Waals surface area contributed by atoms with Crippen LogP contribution in [0.4, 0.5) is 37.3 Å². The third-order valence-electron chi connectivity index (χ3n) is 7.75. The molecule has 2 N–H and O–H groups in total. The third kappa shape index (κ3) is 5.46. The van der Waals surface area contributed by atoms with E-state index in [4.69, 9.17) is 5.10 Å². The Kier molecular flexibility index (Phi) is 7.40. The normalized spacial score (nSPS) is 19.9. The highest BCUT2D eigenvalue weighted by atomic mass is 32.1. The molecule has 2 aromatic carbocycles. The largest absolute Gasteiger partial charge is 0.445 e.